The molecule has 11 heavy (non-hydrogen) atoms. The molecule has 0 aromatic carbocycles. The van der Waals surface area contributed by atoms with E-state index in [1.165, 1.54) is 0 Å². The van der Waals surface area contributed by atoms with Crippen LogP contribution in [0, 0.1) is 0 Å². The van der Waals surface area contributed by atoms with E-state index in [1.54, 1.807) is 12.3 Å². The van der Waals surface area contributed by atoms with Gasteiger partial charge in [0.1, 0.15) is 7.85 Å². The third kappa shape index (κ3) is 1.67. The highest BCUT2D eigenvalue weighted by atomic mass is 16.1. The first kappa shape index (κ1) is 7.99. The summed E-state index contributed by atoms with van der Waals surface area (Å²) in [4.78, 5) is 14.5. The fourth-order valence-electron chi connectivity index (χ4n) is 0.925. The third-order valence-electron chi connectivity index (χ3n) is 1.49. The molecule has 1 aromatic heterocycles. The topological polar surface area (TPSA) is 30.0 Å². The van der Waals surface area contributed by atoms with E-state index >= 15 is 0 Å². The maximum absolute atomic E-state index is 10.4. The second kappa shape index (κ2) is 3.33. The Balaban J connectivity index is 3.16. The van der Waals surface area contributed by atoms with Crippen LogP contribution in [0.5, 0.6) is 0 Å². The highest BCUT2D eigenvalue weighted by Crippen LogP contribution is 2.00. The van der Waals surface area contributed by atoms with Gasteiger partial charge in [-0.25, -0.2) is 0 Å². The SMILES string of the molecule is [B]c1cnc(CC)c(C=O)c1. The van der Waals surface area contributed by atoms with E-state index in [-0.39, 0.29) is 0 Å². The van der Waals surface area contributed by atoms with Crippen LogP contribution in [0.15, 0.2) is 12.3 Å². The van der Waals surface area contributed by atoms with Gasteiger partial charge in [-0.15, -0.1) is 0 Å². The number of carbonyl (C=O) groups excluding carboxylic acids is 1. The van der Waals surface area contributed by atoms with Crippen molar-refractivity contribution in [3.8, 4) is 0 Å². The standard InChI is InChI=1S/C8H8BNO/c1-2-8-6(5-11)3-7(9)4-10-8/h3-5H,2H2,1H3. The highest BCUT2D eigenvalue weighted by Gasteiger charge is 1.99. The zero-order chi connectivity index (χ0) is 8.27. The van der Waals surface area contributed by atoms with Crippen LogP contribution in [0.3, 0.4) is 0 Å². The predicted molar refractivity (Wildman–Crippen MR) is 44.4 cm³/mol. The number of rotatable bonds is 2. The first-order valence-electron chi connectivity index (χ1n) is 3.47. The van der Waals surface area contributed by atoms with Crippen LogP contribution >= 0.6 is 0 Å². The Morgan fingerprint density at radius 2 is 2.45 bits per heavy atom. The number of aromatic nitrogens is 1. The normalized spacial score (nSPS) is 9.55. The zero-order valence-corrected chi connectivity index (χ0v) is 6.37. The molecule has 0 atom stereocenters. The summed E-state index contributed by atoms with van der Waals surface area (Å²) in [5.74, 6) is 0. The number of nitrogens with zero attached hydrogens (tertiary/aromatic N) is 1. The molecule has 54 valence electrons. The zero-order valence-electron chi connectivity index (χ0n) is 6.37. The fourth-order valence-corrected chi connectivity index (χ4v) is 0.925. The van der Waals surface area contributed by atoms with Gasteiger partial charge in [0, 0.05) is 11.8 Å². The molecule has 1 aromatic rings. The van der Waals surface area contributed by atoms with E-state index in [1.807, 2.05) is 6.92 Å². The van der Waals surface area contributed by atoms with Crippen LogP contribution in [0.2, 0.25) is 0 Å². The number of pyridine rings is 1. The van der Waals surface area contributed by atoms with Gasteiger partial charge >= 0.3 is 0 Å². The monoisotopic (exact) mass is 145 g/mol. The Morgan fingerprint density at radius 1 is 1.73 bits per heavy atom. The molecule has 0 amide bonds. The Labute approximate surface area is 67.1 Å². The molecule has 2 radical (unpaired) electrons. The van der Waals surface area contributed by atoms with Gasteiger partial charge in [0.15, 0.2) is 6.29 Å². The number of hydrogen-bond donors (Lipinski definition) is 0. The summed E-state index contributed by atoms with van der Waals surface area (Å²) >= 11 is 0. The van der Waals surface area contributed by atoms with Crippen LogP contribution in [0.1, 0.15) is 23.0 Å². The van der Waals surface area contributed by atoms with Crippen molar-refractivity contribution < 1.29 is 4.79 Å². The summed E-state index contributed by atoms with van der Waals surface area (Å²) in [6.07, 6.45) is 3.10. The number of aryl methyl sites for hydroxylation is 1. The van der Waals surface area contributed by atoms with Crippen molar-refractivity contribution in [2.24, 2.45) is 0 Å². The molecule has 0 saturated heterocycles. The quantitative estimate of drug-likeness (QED) is 0.441. The van der Waals surface area contributed by atoms with Crippen molar-refractivity contribution in [3.05, 3.63) is 23.5 Å². The fraction of sp³-hybridized carbons (Fsp3) is 0.250. The van der Waals surface area contributed by atoms with E-state index in [0.29, 0.717) is 11.0 Å². The molecule has 1 heterocycles. The molecule has 0 saturated carbocycles. The van der Waals surface area contributed by atoms with Crippen molar-refractivity contribution in [1.29, 1.82) is 0 Å². The van der Waals surface area contributed by atoms with Gasteiger partial charge in [0.25, 0.3) is 0 Å². The maximum atomic E-state index is 10.4. The Hall–Kier alpha value is -1.12. The minimum absolute atomic E-state index is 0.532. The summed E-state index contributed by atoms with van der Waals surface area (Å²) < 4.78 is 0. The highest BCUT2D eigenvalue weighted by molar-refractivity contribution is 6.32. The lowest BCUT2D eigenvalue weighted by atomic mass is 9.96. The van der Waals surface area contributed by atoms with Crippen molar-refractivity contribution in [2.45, 2.75) is 13.3 Å². The summed E-state index contributed by atoms with van der Waals surface area (Å²) in [6.45, 7) is 1.95. The first-order chi connectivity index (χ1) is 5.27. The Morgan fingerprint density at radius 3 is 3.00 bits per heavy atom. The Bertz CT molecular complexity index is 273. The molecule has 0 aliphatic heterocycles. The molecule has 1 rings (SSSR count). The second-order valence-electron chi connectivity index (χ2n) is 2.28. The molecule has 3 heteroatoms. The average molecular weight is 145 g/mol. The van der Waals surface area contributed by atoms with Crippen molar-refractivity contribution >= 4 is 19.6 Å². The van der Waals surface area contributed by atoms with E-state index in [0.717, 1.165) is 18.4 Å². The molecule has 0 unspecified atom stereocenters. The van der Waals surface area contributed by atoms with Crippen LogP contribution in [-0.2, 0) is 6.42 Å². The molecule has 0 spiro atoms. The van der Waals surface area contributed by atoms with Crippen molar-refractivity contribution in [3.63, 3.8) is 0 Å². The first-order valence-corrected chi connectivity index (χ1v) is 3.47. The smallest absolute Gasteiger partial charge is 0.151 e. The van der Waals surface area contributed by atoms with Gasteiger partial charge in [0.05, 0.1) is 5.69 Å². The third-order valence-corrected chi connectivity index (χ3v) is 1.49. The van der Waals surface area contributed by atoms with Gasteiger partial charge in [-0.1, -0.05) is 18.5 Å². The summed E-state index contributed by atoms with van der Waals surface area (Å²) in [7, 11) is 5.44. The van der Waals surface area contributed by atoms with Gasteiger partial charge in [-0.05, 0) is 6.42 Å². The molecular formula is C8H8BNO. The lowest BCUT2D eigenvalue weighted by molar-refractivity contribution is 0.112. The van der Waals surface area contributed by atoms with Gasteiger partial charge in [-0.2, -0.15) is 0 Å². The van der Waals surface area contributed by atoms with Crippen LogP contribution < -0.4 is 5.46 Å². The molecule has 2 nitrogen and oxygen atoms in total. The van der Waals surface area contributed by atoms with E-state index in [4.69, 9.17) is 7.85 Å². The van der Waals surface area contributed by atoms with E-state index in [9.17, 15) is 4.79 Å². The summed E-state index contributed by atoms with van der Waals surface area (Å²) in [6, 6.07) is 1.64. The molecule has 0 N–H and O–H groups in total. The Kier molecular flexibility index (Phi) is 2.42. The van der Waals surface area contributed by atoms with Gasteiger partial charge < -0.3 is 0 Å². The lowest BCUT2D eigenvalue weighted by Crippen LogP contribution is -2.08. The van der Waals surface area contributed by atoms with Crippen molar-refractivity contribution in [2.75, 3.05) is 0 Å². The van der Waals surface area contributed by atoms with Gasteiger partial charge in [0.2, 0.25) is 0 Å². The molecule has 0 aliphatic rings. The largest absolute Gasteiger partial charge is 0.298 e. The maximum Gasteiger partial charge on any atom is 0.151 e. The van der Waals surface area contributed by atoms with Crippen LogP contribution in [0.4, 0.5) is 0 Å². The van der Waals surface area contributed by atoms with Crippen molar-refractivity contribution in [1.82, 2.24) is 4.98 Å². The molecular weight excluding hydrogens is 137 g/mol. The summed E-state index contributed by atoms with van der Waals surface area (Å²) in [5.41, 5.74) is 1.92. The number of hydrogen-bond acceptors (Lipinski definition) is 2. The second-order valence-corrected chi connectivity index (χ2v) is 2.28. The molecule has 0 aliphatic carbocycles. The van der Waals surface area contributed by atoms with E-state index in [2.05, 4.69) is 4.98 Å². The minimum atomic E-state index is 0.532. The minimum Gasteiger partial charge on any atom is -0.298 e. The van der Waals surface area contributed by atoms with Crippen LogP contribution in [-0.4, -0.2) is 19.1 Å². The lowest BCUT2D eigenvalue weighted by Gasteiger charge is -2.00. The van der Waals surface area contributed by atoms with Crippen LogP contribution in [0.25, 0.3) is 0 Å². The summed E-state index contributed by atoms with van der Waals surface area (Å²) in [5, 5.41) is 0. The average Bonchev–Trinajstić information content (AvgIpc) is 2.04. The number of aldehydes is 1. The van der Waals surface area contributed by atoms with Gasteiger partial charge in [-0.3, -0.25) is 9.78 Å². The van der Waals surface area contributed by atoms with E-state index < -0.39 is 0 Å². The predicted octanol–water partition coefficient (Wildman–Crippen LogP) is 0.250. The molecule has 0 bridgehead atoms. The molecule has 0 fully saturated rings. The number of carbonyl (C=O) groups is 1.